The number of hydrogen-bond donors (Lipinski definition) is 1. The second-order valence-electron chi connectivity index (χ2n) is 3.99. The van der Waals surface area contributed by atoms with Crippen molar-refractivity contribution in [2.24, 2.45) is 0 Å². The van der Waals surface area contributed by atoms with Crippen molar-refractivity contribution in [1.82, 2.24) is 9.88 Å². The molecule has 102 valence electrons. The van der Waals surface area contributed by atoms with Gasteiger partial charge in [0.15, 0.2) is 0 Å². The molecule has 19 heavy (non-hydrogen) atoms. The van der Waals surface area contributed by atoms with E-state index in [2.05, 4.69) is 9.88 Å². The van der Waals surface area contributed by atoms with Crippen LogP contribution in [0.1, 0.15) is 12.0 Å². The first-order chi connectivity index (χ1) is 9.08. The molecule has 0 amide bonds. The molecule has 2 rings (SSSR count). The van der Waals surface area contributed by atoms with Gasteiger partial charge in [-0.05, 0) is 37.1 Å². The molecule has 0 aliphatic carbocycles. The molecule has 0 saturated carbocycles. The molecule has 5 nitrogen and oxygen atoms in total. The Balaban J connectivity index is 1.86. The van der Waals surface area contributed by atoms with Gasteiger partial charge >= 0.3 is 0 Å². The first-order valence-electron chi connectivity index (χ1n) is 5.71. The summed E-state index contributed by atoms with van der Waals surface area (Å²) in [5, 5.41) is 4.09. The Hall–Kier alpha value is -1.37. The lowest BCUT2D eigenvalue weighted by Gasteiger charge is -2.06. The third-order valence-corrected chi connectivity index (χ3v) is 4.27. The molecule has 1 heterocycles. The zero-order valence-electron chi connectivity index (χ0n) is 10.0. The van der Waals surface area contributed by atoms with E-state index in [9.17, 15) is 8.42 Å². The highest BCUT2D eigenvalue weighted by molar-refractivity contribution is 7.89. The van der Waals surface area contributed by atoms with E-state index in [4.69, 9.17) is 16.1 Å². The minimum Gasteiger partial charge on any atom is -0.364 e. The lowest BCUT2D eigenvalue weighted by Crippen LogP contribution is -2.25. The Labute approximate surface area is 116 Å². The van der Waals surface area contributed by atoms with Crippen molar-refractivity contribution >= 4 is 21.6 Å². The summed E-state index contributed by atoms with van der Waals surface area (Å²) in [7, 11) is -3.47. The van der Waals surface area contributed by atoms with Gasteiger partial charge in [-0.2, -0.15) is 0 Å². The third kappa shape index (κ3) is 4.05. The molecule has 0 unspecified atom stereocenters. The van der Waals surface area contributed by atoms with E-state index in [0.29, 0.717) is 24.4 Å². The number of aryl methyl sites for hydroxylation is 1. The summed E-state index contributed by atoms with van der Waals surface area (Å²) >= 11 is 5.72. The van der Waals surface area contributed by atoms with Crippen LogP contribution in [-0.2, 0) is 16.4 Å². The molecule has 1 aromatic carbocycles. The molecule has 1 aromatic heterocycles. The highest BCUT2D eigenvalue weighted by atomic mass is 35.5. The lowest BCUT2D eigenvalue weighted by molar-refractivity contribution is 0.418. The van der Waals surface area contributed by atoms with Gasteiger partial charge in [0.1, 0.15) is 6.26 Å². The molecule has 0 atom stereocenters. The first kappa shape index (κ1) is 14.0. The highest BCUT2D eigenvalue weighted by Gasteiger charge is 2.12. The topological polar surface area (TPSA) is 72.2 Å². The van der Waals surface area contributed by atoms with Gasteiger partial charge in [0, 0.05) is 17.1 Å². The number of halogens is 1. The van der Waals surface area contributed by atoms with Crippen molar-refractivity contribution in [3.8, 4) is 0 Å². The van der Waals surface area contributed by atoms with Gasteiger partial charge in [0.2, 0.25) is 10.0 Å². The molecular weight excluding hydrogens is 288 g/mol. The fourth-order valence-electron chi connectivity index (χ4n) is 1.55. The minimum absolute atomic E-state index is 0.210. The standard InChI is InChI=1S/C12H13ClN2O3S/c13-11-3-5-12(6-4-11)19(16,17)15-7-1-2-10-8-14-18-9-10/h3-6,8-9,15H,1-2,7H2. The molecule has 0 aliphatic heterocycles. The molecule has 0 bridgehead atoms. The molecule has 7 heteroatoms. The summed E-state index contributed by atoms with van der Waals surface area (Å²) in [6.07, 6.45) is 4.56. The maximum absolute atomic E-state index is 11.9. The van der Waals surface area contributed by atoms with Crippen LogP contribution in [0.2, 0.25) is 5.02 Å². The zero-order chi connectivity index (χ0) is 13.7. The van der Waals surface area contributed by atoms with E-state index in [1.807, 2.05) is 0 Å². The third-order valence-electron chi connectivity index (χ3n) is 2.54. The molecule has 0 saturated heterocycles. The molecule has 0 radical (unpaired) electrons. The maximum Gasteiger partial charge on any atom is 0.240 e. The van der Waals surface area contributed by atoms with Crippen molar-refractivity contribution in [2.45, 2.75) is 17.7 Å². The molecule has 2 aromatic rings. The van der Waals surface area contributed by atoms with Gasteiger partial charge in [-0.15, -0.1) is 0 Å². The van der Waals surface area contributed by atoms with Crippen molar-refractivity contribution < 1.29 is 12.9 Å². The fraction of sp³-hybridized carbons (Fsp3) is 0.250. The predicted octanol–water partition coefficient (Wildman–Crippen LogP) is 2.24. The van der Waals surface area contributed by atoms with Gasteiger partial charge in [0.05, 0.1) is 11.1 Å². The number of rotatable bonds is 6. The SMILES string of the molecule is O=S(=O)(NCCCc1cnoc1)c1ccc(Cl)cc1. The summed E-state index contributed by atoms with van der Waals surface area (Å²) in [6.45, 7) is 0.357. The fourth-order valence-corrected chi connectivity index (χ4v) is 2.75. The maximum atomic E-state index is 11.9. The van der Waals surface area contributed by atoms with Crippen LogP contribution in [0.15, 0.2) is 46.1 Å². The van der Waals surface area contributed by atoms with Crippen LogP contribution in [0.5, 0.6) is 0 Å². The van der Waals surface area contributed by atoms with Crippen LogP contribution in [0.25, 0.3) is 0 Å². The molecule has 0 aliphatic rings. The second kappa shape index (κ2) is 6.18. The van der Waals surface area contributed by atoms with Gasteiger partial charge < -0.3 is 4.52 Å². The van der Waals surface area contributed by atoms with Crippen molar-refractivity contribution in [2.75, 3.05) is 6.54 Å². The van der Waals surface area contributed by atoms with Gasteiger partial charge in [0.25, 0.3) is 0 Å². The highest BCUT2D eigenvalue weighted by Crippen LogP contribution is 2.13. The minimum atomic E-state index is -3.47. The second-order valence-corrected chi connectivity index (χ2v) is 6.19. The van der Waals surface area contributed by atoms with E-state index in [1.54, 1.807) is 24.6 Å². The van der Waals surface area contributed by atoms with Crippen molar-refractivity contribution in [1.29, 1.82) is 0 Å². The van der Waals surface area contributed by atoms with Gasteiger partial charge in [-0.1, -0.05) is 16.8 Å². The smallest absolute Gasteiger partial charge is 0.240 e. The van der Waals surface area contributed by atoms with Crippen LogP contribution in [0.4, 0.5) is 0 Å². The number of nitrogens with zero attached hydrogens (tertiary/aromatic N) is 1. The van der Waals surface area contributed by atoms with Crippen LogP contribution in [0.3, 0.4) is 0 Å². The molecule has 1 N–H and O–H groups in total. The van der Waals surface area contributed by atoms with Crippen molar-refractivity contribution in [3.63, 3.8) is 0 Å². The van der Waals surface area contributed by atoms with Gasteiger partial charge in [-0.25, -0.2) is 13.1 Å². The van der Waals surface area contributed by atoms with Crippen LogP contribution in [0, 0.1) is 0 Å². The number of sulfonamides is 1. The summed E-state index contributed by atoms with van der Waals surface area (Å²) in [4.78, 5) is 0.210. The monoisotopic (exact) mass is 300 g/mol. The Morgan fingerprint density at radius 3 is 2.63 bits per heavy atom. The number of nitrogens with one attached hydrogen (secondary N) is 1. The van der Waals surface area contributed by atoms with Crippen molar-refractivity contribution in [3.05, 3.63) is 47.3 Å². The normalized spacial score (nSPS) is 11.6. The predicted molar refractivity (Wildman–Crippen MR) is 71.5 cm³/mol. The van der Waals surface area contributed by atoms with Gasteiger partial charge in [-0.3, -0.25) is 0 Å². The Morgan fingerprint density at radius 1 is 1.26 bits per heavy atom. The number of benzene rings is 1. The largest absolute Gasteiger partial charge is 0.364 e. The summed E-state index contributed by atoms with van der Waals surface area (Å²) in [6, 6.07) is 6.05. The van der Waals surface area contributed by atoms with Crippen LogP contribution in [-0.4, -0.2) is 20.1 Å². The molecule has 0 spiro atoms. The molecule has 0 fully saturated rings. The summed E-state index contributed by atoms with van der Waals surface area (Å²) in [5.41, 5.74) is 0.950. The van der Waals surface area contributed by atoms with E-state index in [0.717, 1.165) is 5.56 Å². The zero-order valence-corrected chi connectivity index (χ0v) is 11.6. The quantitative estimate of drug-likeness (QED) is 0.830. The molecular formula is C12H13ClN2O3S. The number of hydrogen-bond acceptors (Lipinski definition) is 4. The Morgan fingerprint density at radius 2 is 2.00 bits per heavy atom. The van der Waals surface area contributed by atoms with Crippen LogP contribution < -0.4 is 4.72 Å². The summed E-state index contributed by atoms with van der Waals surface area (Å²) in [5.74, 6) is 0. The Kier molecular flexibility index (Phi) is 4.57. The average molecular weight is 301 g/mol. The lowest BCUT2D eigenvalue weighted by atomic mass is 10.2. The van der Waals surface area contributed by atoms with E-state index in [1.165, 1.54) is 12.1 Å². The first-order valence-corrected chi connectivity index (χ1v) is 7.57. The van der Waals surface area contributed by atoms with Crippen LogP contribution >= 0.6 is 11.6 Å². The number of aromatic nitrogens is 1. The summed E-state index contributed by atoms with van der Waals surface area (Å²) < 4.78 is 31.1. The van der Waals surface area contributed by atoms with E-state index < -0.39 is 10.0 Å². The Bertz CT molecular complexity index is 609. The van der Waals surface area contributed by atoms with E-state index >= 15 is 0 Å². The average Bonchev–Trinajstić information content (AvgIpc) is 2.88. The van der Waals surface area contributed by atoms with E-state index in [-0.39, 0.29) is 4.90 Å².